The Morgan fingerprint density at radius 2 is 1.76 bits per heavy atom. The van der Waals surface area contributed by atoms with Gasteiger partial charge in [-0.1, -0.05) is 30.3 Å². The Bertz CT molecular complexity index is 962. The fraction of sp³-hybridized carbons (Fsp3) is 0.250. The molecule has 2 aromatic carbocycles. The van der Waals surface area contributed by atoms with Crippen molar-refractivity contribution in [3.8, 4) is 0 Å². The molecule has 1 N–H and O–H groups in total. The van der Waals surface area contributed by atoms with Crippen molar-refractivity contribution in [2.75, 3.05) is 18.5 Å². The Balaban J connectivity index is 1.83. The monoisotopic (exact) mass is 405 g/mol. The van der Waals surface area contributed by atoms with E-state index < -0.39 is 41.7 Å². The van der Waals surface area contributed by atoms with Crippen LogP contribution in [0.25, 0.3) is 0 Å². The SMILES string of the molecule is CN(C(=O)CN1C(=O)NC(C)(c2cccc(C(F)(F)F)c2)C1=O)c1ccccc1. The van der Waals surface area contributed by atoms with Gasteiger partial charge in [0.15, 0.2) is 0 Å². The number of urea groups is 1. The van der Waals surface area contributed by atoms with Gasteiger partial charge in [0, 0.05) is 12.7 Å². The lowest BCUT2D eigenvalue weighted by Crippen LogP contribution is -2.43. The maximum atomic E-state index is 13.0. The summed E-state index contributed by atoms with van der Waals surface area (Å²) in [5.41, 5.74) is -2.08. The van der Waals surface area contributed by atoms with E-state index in [0.29, 0.717) is 10.6 Å². The Morgan fingerprint density at radius 1 is 1.10 bits per heavy atom. The van der Waals surface area contributed by atoms with Crippen LogP contribution >= 0.6 is 0 Å². The summed E-state index contributed by atoms with van der Waals surface area (Å²) in [4.78, 5) is 39.8. The highest BCUT2D eigenvalue weighted by atomic mass is 19.4. The third-order valence-electron chi connectivity index (χ3n) is 4.85. The number of anilines is 1. The molecule has 1 saturated heterocycles. The first-order valence-corrected chi connectivity index (χ1v) is 8.67. The molecule has 4 amide bonds. The molecule has 152 valence electrons. The standard InChI is InChI=1S/C20H18F3N3O3/c1-19(13-7-6-8-14(11-13)20(21,22)23)17(28)26(18(29)24-19)12-16(27)25(2)15-9-4-3-5-10-15/h3-11H,12H2,1-2H3,(H,24,29). The average molecular weight is 405 g/mol. The summed E-state index contributed by atoms with van der Waals surface area (Å²) in [5, 5.41) is 2.41. The van der Waals surface area contributed by atoms with E-state index in [9.17, 15) is 27.6 Å². The van der Waals surface area contributed by atoms with Gasteiger partial charge in [0.1, 0.15) is 12.1 Å². The first-order valence-electron chi connectivity index (χ1n) is 8.67. The molecule has 1 unspecified atom stereocenters. The minimum atomic E-state index is -4.59. The number of carbonyl (C=O) groups is 3. The molecule has 1 atom stereocenters. The molecule has 0 saturated carbocycles. The summed E-state index contributed by atoms with van der Waals surface area (Å²) in [6.07, 6.45) is -4.59. The van der Waals surface area contributed by atoms with Gasteiger partial charge in [-0.05, 0) is 36.8 Å². The van der Waals surface area contributed by atoms with E-state index in [4.69, 9.17) is 0 Å². The van der Waals surface area contributed by atoms with Crippen LogP contribution in [0.2, 0.25) is 0 Å². The predicted molar refractivity (Wildman–Crippen MR) is 98.9 cm³/mol. The molecule has 9 heteroatoms. The predicted octanol–water partition coefficient (Wildman–Crippen LogP) is 3.14. The summed E-state index contributed by atoms with van der Waals surface area (Å²) in [5.74, 6) is -1.32. The van der Waals surface area contributed by atoms with Crippen molar-refractivity contribution in [1.82, 2.24) is 10.2 Å². The first-order chi connectivity index (χ1) is 13.5. The van der Waals surface area contributed by atoms with Crippen molar-refractivity contribution in [2.45, 2.75) is 18.6 Å². The first kappa shape index (κ1) is 20.4. The van der Waals surface area contributed by atoms with Gasteiger partial charge in [-0.3, -0.25) is 14.5 Å². The van der Waals surface area contributed by atoms with Crippen LogP contribution in [0.4, 0.5) is 23.7 Å². The van der Waals surface area contributed by atoms with Gasteiger partial charge in [0.2, 0.25) is 5.91 Å². The van der Waals surface area contributed by atoms with Crippen molar-refractivity contribution in [3.05, 3.63) is 65.7 Å². The molecule has 0 radical (unpaired) electrons. The number of alkyl halides is 3. The average Bonchev–Trinajstić information content (AvgIpc) is 2.91. The molecule has 29 heavy (non-hydrogen) atoms. The molecule has 0 aliphatic carbocycles. The van der Waals surface area contributed by atoms with Crippen LogP contribution in [0.15, 0.2) is 54.6 Å². The molecule has 1 fully saturated rings. The second kappa shape index (κ2) is 7.23. The Kier molecular flexibility index (Phi) is 5.08. The van der Waals surface area contributed by atoms with Crippen LogP contribution in [0.1, 0.15) is 18.1 Å². The van der Waals surface area contributed by atoms with Crippen LogP contribution in [0.5, 0.6) is 0 Å². The molecule has 3 rings (SSSR count). The van der Waals surface area contributed by atoms with E-state index in [-0.39, 0.29) is 5.56 Å². The fourth-order valence-electron chi connectivity index (χ4n) is 3.08. The van der Waals surface area contributed by atoms with Crippen LogP contribution < -0.4 is 10.2 Å². The number of para-hydroxylation sites is 1. The largest absolute Gasteiger partial charge is 0.416 e. The van der Waals surface area contributed by atoms with E-state index in [0.717, 1.165) is 12.1 Å². The third kappa shape index (κ3) is 3.80. The molecule has 0 bridgehead atoms. The topological polar surface area (TPSA) is 69.7 Å². The van der Waals surface area contributed by atoms with Crippen molar-refractivity contribution in [3.63, 3.8) is 0 Å². The van der Waals surface area contributed by atoms with E-state index in [1.165, 1.54) is 31.0 Å². The zero-order valence-electron chi connectivity index (χ0n) is 15.7. The lowest BCUT2D eigenvalue weighted by atomic mass is 9.90. The smallest absolute Gasteiger partial charge is 0.319 e. The number of amides is 4. The number of nitrogens with one attached hydrogen (secondary N) is 1. The molecule has 1 aliphatic heterocycles. The van der Waals surface area contributed by atoms with Gasteiger partial charge < -0.3 is 10.2 Å². The maximum absolute atomic E-state index is 13.0. The highest BCUT2D eigenvalue weighted by Crippen LogP contribution is 2.34. The number of likely N-dealkylation sites (N-methyl/N-ethyl adjacent to an activating group) is 1. The number of hydrogen-bond acceptors (Lipinski definition) is 3. The van der Waals surface area contributed by atoms with Gasteiger partial charge in [0.25, 0.3) is 5.91 Å². The Morgan fingerprint density at radius 3 is 2.38 bits per heavy atom. The quantitative estimate of drug-likeness (QED) is 0.795. The summed E-state index contributed by atoms with van der Waals surface area (Å²) in [6, 6.07) is 12.0. The number of hydrogen-bond donors (Lipinski definition) is 1. The Hall–Kier alpha value is -3.36. The molecule has 1 heterocycles. The molecular formula is C20H18F3N3O3. The molecule has 1 aliphatic rings. The zero-order chi connectivity index (χ0) is 21.4. The lowest BCUT2D eigenvalue weighted by Gasteiger charge is -2.24. The third-order valence-corrected chi connectivity index (χ3v) is 4.85. The van der Waals surface area contributed by atoms with Crippen molar-refractivity contribution >= 4 is 23.5 Å². The molecule has 0 aromatic heterocycles. The second-order valence-corrected chi connectivity index (χ2v) is 6.81. The second-order valence-electron chi connectivity index (χ2n) is 6.81. The van der Waals surface area contributed by atoms with E-state index in [1.54, 1.807) is 30.3 Å². The molecular weight excluding hydrogens is 387 g/mol. The van der Waals surface area contributed by atoms with E-state index in [1.807, 2.05) is 0 Å². The molecule has 2 aromatic rings. The van der Waals surface area contributed by atoms with Gasteiger partial charge in [-0.15, -0.1) is 0 Å². The highest BCUT2D eigenvalue weighted by molar-refractivity contribution is 6.10. The van der Waals surface area contributed by atoms with Gasteiger partial charge in [0.05, 0.1) is 5.56 Å². The maximum Gasteiger partial charge on any atom is 0.416 e. The van der Waals surface area contributed by atoms with E-state index >= 15 is 0 Å². The van der Waals surface area contributed by atoms with Gasteiger partial charge in [-0.25, -0.2) is 4.79 Å². The van der Waals surface area contributed by atoms with Crippen LogP contribution in [0, 0.1) is 0 Å². The summed E-state index contributed by atoms with van der Waals surface area (Å²) in [7, 11) is 1.50. The number of imide groups is 1. The van der Waals surface area contributed by atoms with Crippen molar-refractivity contribution in [1.29, 1.82) is 0 Å². The minimum absolute atomic E-state index is 0.0166. The van der Waals surface area contributed by atoms with E-state index in [2.05, 4.69) is 5.32 Å². The van der Waals surface area contributed by atoms with Gasteiger partial charge >= 0.3 is 12.2 Å². The minimum Gasteiger partial charge on any atom is -0.319 e. The zero-order valence-corrected chi connectivity index (χ0v) is 15.7. The number of benzene rings is 2. The molecule has 6 nitrogen and oxygen atoms in total. The number of nitrogens with zero attached hydrogens (tertiary/aromatic N) is 2. The van der Waals surface area contributed by atoms with Crippen molar-refractivity contribution < 1.29 is 27.6 Å². The normalized spacial score (nSPS) is 19.3. The van der Waals surface area contributed by atoms with Crippen molar-refractivity contribution in [2.24, 2.45) is 0 Å². The highest BCUT2D eigenvalue weighted by Gasteiger charge is 2.50. The summed E-state index contributed by atoms with van der Waals surface area (Å²) >= 11 is 0. The summed E-state index contributed by atoms with van der Waals surface area (Å²) in [6.45, 7) is 0.777. The summed E-state index contributed by atoms with van der Waals surface area (Å²) < 4.78 is 39.1. The van der Waals surface area contributed by atoms with Gasteiger partial charge in [-0.2, -0.15) is 13.2 Å². The number of carbonyl (C=O) groups excluding carboxylic acids is 3. The lowest BCUT2D eigenvalue weighted by molar-refractivity contribution is -0.138. The van der Waals surface area contributed by atoms with Crippen LogP contribution in [0.3, 0.4) is 0 Å². The number of halogens is 3. The fourth-order valence-corrected chi connectivity index (χ4v) is 3.08. The molecule has 0 spiro atoms. The Labute approximate surface area is 164 Å². The van der Waals surface area contributed by atoms with Crippen LogP contribution in [-0.2, 0) is 21.3 Å². The van der Waals surface area contributed by atoms with Crippen LogP contribution in [-0.4, -0.2) is 36.3 Å². The number of rotatable bonds is 4.